The van der Waals surface area contributed by atoms with Gasteiger partial charge in [-0.15, -0.1) is 20.4 Å². The van der Waals surface area contributed by atoms with Crippen LogP contribution < -0.4 is 5.32 Å². The Morgan fingerprint density at radius 3 is 2.88 bits per heavy atom. The van der Waals surface area contributed by atoms with E-state index in [4.69, 9.17) is 4.42 Å². The minimum Gasteiger partial charge on any atom is -0.446 e. The van der Waals surface area contributed by atoms with Gasteiger partial charge in [0.25, 0.3) is 0 Å². The first kappa shape index (κ1) is 17.1. The summed E-state index contributed by atoms with van der Waals surface area (Å²) in [7, 11) is 0. The number of hydrogen-bond acceptors (Lipinski definition) is 8. The fraction of sp³-hybridized carbons (Fsp3) is 0.308. The molecule has 0 aliphatic rings. The van der Waals surface area contributed by atoms with Gasteiger partial charge in [-0.3, -0.25) is 14.7 Å². The third-order valence-corrected chi connectivity index (χ3v) is 4.89. The van der Waals surface area contributed by atoms with E-state index in [1.807, 2.05) is 24.5 Å². The maximum Gasteiger partial charge on any atom is 0.236 e. The van der Waals surface area contributed by atoms with Crippen LogP contribution in [0.15, 0.2) is 31.9 Å². The number of nitrogens with one attached hydrogen (secondary N) is 1. The van der Waals surface area contributed by atoms with Crippen LogP contribution in [0.4, 0.5) is 5.13 Å². The number of nitrogens with zero attached hydrogens (tertiary/aromatic N) is 5. The van der Waals surface area contributed by atoms with Crippen molar-refractivity contribution in [2.75, 3.05) is 11.1 Å². The molecule has 1 N–H and O–H groups in total. The van der Waals surface area contributed by atoms with Crippen molar-refractivity contribution in [3.63, 3.8) is 0 Å². The average Bonchev–Trinajstić information content (AvgIpc) is 3.24. The fourth-order valence-corrected chi connectivity index (χ4v) is 3.59. The molecule has 3 aromatic rings. The molecule has 24 heavy (non-hydrogen) atoms. The molecule has 0 aromatic carbocycles. The zero-order chi connectivity index (χ0) is 17.1. The summed E-state index contributed by atoms with van der Waals surface area (Å²) in [6.45, 7) is 4.05. The Balaban J connectivity index is 1.73. The van der Waals surface area contributed by atoms with E-state index >= 15 is 0 Å². The van der Waals surface area contributed by atoms with E-state index in [1.165, 1.54) is 23.1 Å². The van der Waals surface area contributed by atoms with Crippen molar-refractivity contribution in [3.8, 4) is 11.6 Å². The highest BCUT2D eigenvalue weighted by molar-refractivity contribution is 9.10. The Morgan fingerprint density at radius 1 is 1.42 bits per heavy atom. The van der Waals surface area contributed by atoms with Crippen LogP contribution >= 0.6 is 39.0 Å². The van der Waals surface area contributed by atoms with Crippen LogP contribution in [0, 0.1) is 0 Å². The summed E-state index contributed by atoms with van der Waals surface area (Å²) < 4.78 is 8.13. The molecular weight excluding hydrogens is 416 g/mol. The maximum atomic E-state index is 12.0. The van der Waals surface area contributed by atoms with Crippen LogP contribution in [0.1, 0.15) is 19.9 Å². The van der Waals surface area contributed by atoms with Gasteiger partial charge < -0.3 is 4.42 Å². The zero-order valence-corrected chi connectivity index (χ0v) is 16.0. The van der Waals surface area contributed by atoms with Gasteiger partial charge >= 0.3 is 0 Å². The number of rotatable bonds is 6. The highest BCUT2D eigenvalue weighted by Crippen LogP contribution is 2.30. The number of furan rings is 1. The first-order chi connectivity index (χ1) is 11.5. The molecular formula is C13H13BrN6O2S2. The fourth-order valence-electron chi connectivity index (χ4n) is 1.96. The lowest BCUT2D eigenvalue weighted by Crippen LogP contribution is -2.15. The second-order valence-electron chi connectivity index (χ2n) is 4.95. The maximum absolute atomic E-state index is 12.0. The van der Waals surface area contributed by atoms with Crippen molar-refractivity contribution < 1.29 is 9.21 Å². The van der Waals surface area contributed by atoms with Crippen molar-refractivity contribution in [3.05, 3.63) is 22.3 Å². The molecule has 0 aliphatic heterocycles. The molecule has 126 valence electrons. The summed E-state index contributed by atoms with van der Waals surface area (Å²) in [5.41, 5.74) is 1.56. The van der Waals surface area contributed by atoms with Crippen LogP contribution in [-0.2, 0) is 4.79 Å². The van der Waals surface area contributed by atoms with Crippen LogP contribution in [-0.4, -0.2) is 36.6 Å². The average molecular weight is 429 g/mol. The van der Waals surface area contributed by atoms with E-state index < -0.39 is 0 Å². The molecule has 3 rings (SSSR count). The summed E-state index contributed by atoms with van der Waals surface area (Å²) in [6.07, 6.45) is 0. The summed E-state index contributed by atoms with van der Waals surface area (Å²) in [5, 5.41) is 19.7. The van der Waals surface area contributed by atoms with Gasteiger partial charge in [0.1, 0.15) is 5.51 Å². The molecule has 0 atom stereocenters. The van der Waals surface area contributed by atoms with Crippen molar-refractivity contribution in [2.45, 2.75) is 25.0 Å². The van der Waals surface area contributed by atoms with Crippen molar-refractivity contribution in [1.82, 2.24) is 25.0 Å². The van der Waals surface area contributed by atoms with E-state index in [9.17, 15) is 4.79 Å². The van der Waals surface area contributed by atoms with E-state index in [-0.39, 0.29) is 17.7 Å². The second-order valence-corrected chi connectivity index (χ2v) is 7.51. The van der Waals surface area contributed by atoms with Crippen LogP contribution in [0.2, 0.25) is 0 Å². The number of amides is 1. The van der Waals surface area contributed by atoms with Crippen molar-refractivity contribution >= 4 is 50.1 Å². The Kier molecular flexibility index (Phi) is 5.31. The van der Waals surface area contributed by atoms with Crippen LogP contribution in [0.5, 0.6) is 0 Å². The Morgan fingerprint density at radius 2 is 2.25 bits per heavy atom. The third-order valence-electron chi connectivity index (χ3n) is 2.91. The first-order valence-electron chi connectivity index (χ1n) is 6.94. The minimum absolute atomic E-state index is 0.118. The van der Waals surface area contributed by atoms with E-state index in [2.05, 4.69) is 41.6 Å². The summed E-state index contributed by atoms with van der Waals surface area (Å²) >= 11 is 5.86. The predicted octanol–water partition coefficient (Wildman–Crippen LogP) is 3.46. The standard InChI is InChI=1S/C13H13BrN6O2S2/c1-7(2)20-11(8-3-4-9(14)22-8)17-19-13(20)23-5-10(21)16-12-18-15-6-24-12/h3-4,6-7H,5H2,1-2H3,(H,16,18,21). The van der Waals surface area contributed by atoms with Gasteiger partial charge in [0.05, 0.1) is 5.75 Å². The molecule has 3 aromatic heterocycles. The molecule has 0 saturated carbocycles. The molecule has 3 heterocycles. The molecule has 0 fully saturated rings. The monoisotopic (exact) mass is 428 g/mol. The largest absolute Gasteiger partial charge is 0.446 e. The number of hydrogen-bond donors (Lipinski definition) is 1. The van der Waals surface area contributed by atoms with Gasteiger partial charge in [-0.2, -0.15) is 0 Å². The number of thioether (sulfide) groups is 1. The lowest BCUT2D eigenvalue weighted by molar-refractivity contribution is -0.113. The van der Waals surface area contributed by atoms with E-state index in [0.717, 1.165) is 0 Å². The van der Waals surface area contributed by atoms with Crippen LogP contribution in [0.25, 0.3) is 11.6 Å². The number of carbonyl (C=O) groups is 1. The lowest BCUT2D eigenvalue weighted by atomic mass is 10.3. The normalized spacial score (nSPS) is 11.2. The quantitative estimate of drug-likeness (QED) is 0.599. The summed E-state index contributed by atoms with van der Waals surface area (Å²) in [6, 6.07) is 3.74. The topological polar surface area (TPSA) is 98.7 Å². The van der Waals surface area contributed by atoms with Gasteiger partial charge in [-0.25, -0.2) is 0 Å². The smallest absolute Gasteiger partial charge is 0.236 e. The minimum atomic E-state index is -0.169. The third kappa shape index (κ3) is 3.84. The highest BCUT2D eigenvalue weighted by Gasteiger charge is 2.20. The van der Waals surface area contributed by atoms with Gasteiger partial charge in [0.2, 0.25) is 16.9 Å². The Bertz CT molecular complexity index is 830. The van der Waals surface area contributed by atoms with Crippen molar-refractivity contribution in [1.29, 1.82) is 0 Å². The van der Waals surface area contributed by atoms with Gasteiger partial charge in [-0.1, -0.05) is 23.1 Å². The first-order valence-corrected chi connectivity index (χ1v) is 9.60. The van der Waals surface area contributed by atoms with Crippen molar-refractivity contribution in [2.24, 2.45) is 0 Å². The molecule has 0 unspecified atom stereocenters. The van der Waals surface area contributed by atoms with E-state index in [1.54, 1.807) is 11.6 Å². The van der Waals surface area contributed by atoms with Gasteiger partial charge in [0, 0.05) is 6.04 Å². The molecule has 0 spiro atoms. The molecule has 11 heteroatoms. The number of carbonyl (C=O) groups excluding carboxylic acids is 1. The Hall–Kier alpha value is -1.72. The lowest BCUT2D eigenvalue weighted by Gasteiger charge is -2.12. The Labute approximate surface area is 154 Å². The SMILES string of the molecule is CC(C)n1c(SCC(=O)Nc2nncs2)nnc1-c1ccc(Br)o1. The summed E-state index contributed by atoms with van der Waals surface area (Å²) in [5.74, 6) is 1.28. The molecule has 0 aliphatic carbocycles. The zero-order valence-electron chi connectivity index (χ0n) is 12.8. The number of anilines is 1. The van der Waals surface area contributed by atoms with E-state index in [0.29, 0.717) is 26.5 Å². The summed E-state index contributed by atoms with van der Waals surface area (Å²) in [4.78, 5) is 12.0. The molecule has 0 saturated heterocycles. The molecule has 0 bridgehead atoms. The van der Waals surface area contributed by atoms with Gasteiger partial charge in [-0.05, 0) is 41.9 Å². The highest BCUT2D eigenvalue weighted by atomic mass is 79.9. The number of aromatic nitrogens is 5. The molecule has 8 nitrogen and oxygen atoms in total. The molecule has 1 amide bonds. The second kappa shape index (κ2) is 7.45. The number of halogens is 1. The van der Waals surface area contributed by atoms with Gasteiger partial charge in [0.15, 0.2) is 15.6 Å². The van der Waals surface area contributed by atoms with Crippen LogP contribution in [0.3, 0.4) is 0 Å². The molecule has 0 radical (unpaired) electrons. The predicted molar refractivity (Wildman–Crippen MR) is 95.1 cm³/mol.